The van der Waals surface area contributed by atoms with Crippen molar-refractivity contribution in [3.8, 4) is 11.5 Å². The number of benzene rings is 2. The Balaban J connectivity index is 1.71. The largest absolute Gasteiger partial charge is 0.491 e. The third-order valence-electron chi connectivity index (χ3n) is 4.13. The fourth-order valence-electron chi connectivity index (χ4n) is 2.85. The lowest BCUT2D eigenvalue weighted by atomic mass is 10.0. The number of carbonyl (C=O) groups excluding carboxylic acids is 1. The smallest absolute Gasteiger partial charge is 0.257 e. The maximum absolute atomic E-state index is 12.0. The van der Waals surface area contributed by atoms with E-state index in [1.807, 2.05) is 50.2 Å². The minimum atomic E-state index is -0.0922. The van der Waals surface area contributed by atoms with Crippen LogP contribution in [-0.2, 0) is 11.2 Å². The summed E-state index contributed by atoms with van der Waals surface area (Å²) in [6.07, 6.45) is 1.94. The van der Waals surface area contributed by atoms with Gasteiger partial charge in [-0.3, -0.25) is 4.79 Å². The summed E-state index contributed by atoms with van der Waals surface area (Å²) in [4.78, 5) is 12.0. The number of ether oxygens (including phenoxy) is 2. The van der Waals surface area contributed by atoms with Gasteiger partial charge in [0.2, 0.25) is 0 Å². The summed E-state index contributed by atoms with van der Waals surface area (Å²) in [5, 5.41) is 2.92. The van der Waals surface area contributed by atoms with Crippen LogP contribution in [0.25, 0.3) is 0 Å². The van der Waals surface area contributed by atoms with Crippen molar-refractivity contribution in [3.63, 3.8) is 0 Å². The summed E-state index contributed by atoms with van der Waals surface area (Å²) in [6.45, 7) is 8.94. The van der Waals surface area contributed by atoms with Gasteiger partial charge < -0.3 is 14.8 Å². The highest BCUT2D eigenvalue weighted by atomic mass is 16.5. The molecular formula is C23H31NO3. The molecule has 4 heteroatoms. The number of carbonyl (C=O) groups is 1. The van der Waals surface area contributed by atoms with E-state index < -0.39 is 0 Å². The maximum atomic E-state index is 12.0. The molecule has 146 valence electrons. The van der Waals surface area contributed by atoms with Gasteiger partial charge in [-0.2, -0.15) is 0 Å². The van der Waals surface area contributed by atoms with E-state index in [2.05, 4.69) is 31.3 Å². The monoisotopic (exact) mass is 369 g/mol. The highest BCUT2D eigenvalue weighted by molar-refractivity contribution is 5.77. The zero-order chi connectivity index (χ0) is 19.6. The third kappa shape index (κ3) is 7.33. The van der Waals surface area contributed by atoms with Gasteiger partial charge in [0, 0.05) is 6.54 Å². The average Bonchev–Trinajstić information content (AvgIpc) is 2.63. The fraction of sp³-hybridized carbons (Fsp3) is 0.435. The van der Waals surface area contributed by atoms with Gasteiger partial charge in [0.25, 0.3) is 5.91 Å². The Hall–Kier alpha value is -2.49. The number of hydrogen-bond donors (Lipinski definition) is 1. The molecule has 0 heterocycles. The highest BCUT2D eigenvalue weighted by Gasteiger charge is 2.09. The second kappa shape index (κ2) is 10.6. The molecule has 1 amide bonds. The van der Waals surface area contributed by atoms with Crippen LogP contribution >= 0.6 is 0 Å². The predicted molar refractivity (Wildman–Crippen MR) is 110 cm³/mol. The van der Waals surface area contributed by atoms with E-state index in [1.165, 1.54) is 5.56 Å². The summed E-state index contributed by atoms with van der Waals surface area (Å²) >= 11 is 0. The molecule has 0 aliphatic rings. The van der Waals surface area contributed by atoms with Crippen molar-refractivity contribution in [1.82, 2.24) is 5.32 Å². The molecule has 0 radical (unpaired) electrons. The first-order valence-electron chi connectivity index (χ1n) is 9.69. The van der Waals surface area contributed by atoms with Crippen LogP contribution in [-0.4, -0.2) is 25.2 Å². The van der Waals surface area contributed by atoms with Gasteiger partial charge in [-0.1, -0.05) is 44.2 Å². The number of amides is 1. The Morgan fingerprint density at radius 1 is 1.04 bits per heavy atom. The molecule has 0 unspecified atom stereocenters. The molecule has 4 nitrogen and oxygen atoms in total. The zero-order valence-corrected chi connectivity index (χ0v) is 16.8. The first kappa shape index (κ1) is 20.8. The van der Waals surface area contributed by atoms with E-state index in [9.17, 15) is 4.79 Å². The van der Waals surface area contributed by atoms with Crippen molar-refractivity contribution in [2.45, 2.75) is 52.6 Å². The average molecular weight is 370 g/mol. The molecular weight excluding hydrogens is 338 g/mol. The number of aryl methyl sites for hydroxylation is 1. The molecule has 2 aromatic carbocycles. The van der Waals surface area contributed by atoms with E-state index in [1.54, 1.807) is 0 Å². The SMILES string of the molecule is CC(C)Oc1cccc(CCCNC(=O)COc2ccccc2C(C)C)c1. The van der Waals surface area contributed by atoms with Crippen molar-refractivity contribution in [1.29, 1.82) is 0 Å². The molecule has 0 bridgehead atoms. The van der Waals surface area contributed by atoms with Gasteiger partial charge in [-0.15, -0.1) is 0 Å². The maximum Gasteiger partial charge on any atom is 0.257 e. The quantitative estimate of drug-likeness (QED) is 0.616. The fourth-order valence-corrected chi connectivity index (χ4v) is 2.85. The second-order valence-electron chi connectivity index (χ2n) is 7.25. The van der Waals surface area contributed by atoms with Crippen molar-refractivity contribution in [3.05, 3.63) is 59.7 Å². The molecule has 0 saturated heterocycles. The first-order valence-corrected chi connectivity index (χ1v) is 9.69. The van der Waals surface area contributed by atoms with Crippen LogP contribution in [0.1, 0.15) is 51.2 Å². The number of hydrogen-bond acceptors (Lipinski definition) is 3. The topological polar surface area (TPSA) is 47.6 Å². The van der Waals surface area contributed by atoms with Crippen molar-refractivity contribution in [2.75, 3.05) is 13.2 Å². The number of nitrogens with one attached hydrogen (secondary N) is 1. The Kier molecular flexibility index (Phi) is 8.18. The Morgan fingerprint density at radius 3 is 2.56 bits per heavy atom. The summed E-state index contributed by atoms with van der Waals surface area (Å²) < 4.78 is 11.4. The molecule has 27 heavy (non-hydrogen) atoms. The van der Waals surface area contributed by atoms with Gasteiger partial charge in [-0.25, -0.2) is 0 Å². The van der Waals surface area contributed by atoms with Gasteiger partial charge in [0.1, 0.15) is 11.5 Å². The lowest BCUT2D eigenvalue weighted by molar-refractivity contribution is -0.123. The second-order valence-corrected chi connectivity index (χ2v) is 7.25. The lowest BCUT2D eigenvalue weighted by Gasteiger charge is -2.14. The van der Waals surface area contributed by atoms with E-state index in [4.69, 9.17) is 9.47 Å². The molecule has 0 aromatic heterocycles. The molecule has 0 fully saturated rings. The van der Waals surface area contributed by atoms with Crippen LogP contribution in [0.2, 0.25) is 0 Å². The van der Waals surface area contributed by atoms with Crippen LogP contribution in [0, 0.1) is 0 Å². The van der Waals surface area contributed by atoms with Gasteiger partial charge >= 0.3 is 0 Å². The van der Waals surface area contributed by atoms with Crippen LogP contribution < -0.4 is 14.8 Å². The zero-order valence-electron chi connectivity index (χ0n) is 16.8. The van der Waals surface area contributed by atoms with E-state index in [0.717, 1.165) is 29.9 Å². The van der Waals surface area contributed by atoms with Crippen LogP contribution in [0.3, 0.4) is 0 Å². The van der Waals surface area contributed by atoms with Crippen molar-refractivity contribution < 1.29 is 14.3 Å². The van der Waals surface area contributed by atoms with Crippen molar-refractivity contribution >= 4 is 5.91 Å². The Bertz CT molecular complexity index is 725. The molecule has 0 spiro atoms. The molecule has 0 saturated carbocycles. The number of rotatable bonds is 10. The first-order chi connectivity index (χ1) is 13.0. The lowest BCUT2D eigenvalue weighted by Crippen LogP contribution is -2.30. The van der Waals surface area contributed by atoms with Gasteiger partial charge in [-0.05, 0) is 61.9 Å². The Morgan fingerprint density at radius 2 is 1.81 bits per heavy atom. The molecule has 2 rings (SSSR count). The minimum Gasteiger partial charge on any atom is -0.491 e. The molecule has 1 N–H and O–H groups in total. The molecule has 0 atom stereocenters. The number of para-hydroxylation sites is 1. The van der Waals surface area contributed by atoms with Crippen LogP contribution in [0.5, 0.6) is 11.5 Å². The summed E-state index contributed by atoms with van der Waals surface area (Å²) in [7, 11) is 0. The molecule has 0 aliphatic carbocycles. The highest BCUT2D eigenvalue weighted by Crippen LogP contribution is 2.25. The van der Waals surface area contributed by atoms with Crippen molar-refractivity contribution in [2.24, 2.45) is 0 Å². The van der Waals surface area contributed by atoms with E-state index in [-0.39, 0.29) is 18.6 Å². The molecule has 2 aromatic rings. The summed E-state index contributed by atoms with van der Waals surface area (Å²) in [6, 6.07) is 16.0. The van der Waals surface area contributed by atoms with E-state index >= 15 is 0 Å². The van der Waals surface area contributed by atoms with E-state index in [0.29, 0.717) is 12.5 Å². The summed E-state index contributed by atoms with van der Waals surface area (Å²) in [5.41, 5.74) is 2.33. The molecule has 0 aliphatic heterocycles. The predicted octanol–water partition coefficient (Wildman–Crippen LogP) is 4.73. The normalized spacial score (nSPS) is 10.9. The standard InChI is InChI=1S/C23H31NO3/c1-17(2)21-12-5-6-13-22(21)26-16-23(25)24-14-8-10-19-9-7-11-20(15-19)27-18(3)4/h5-7,9,11-13,15,17-18H,8,10,14,16H2,1-4H3,(H,24,25). The summed E-state index contributed by atoms with van der Waals surface area (Å²) in [5.74, 6) is 1.94. The van der Waals surface area contributed by atoms with Gasteiger partial charge in [0.05, 0.1) is 6.10 Å². The van der Waals surface area contributed by atoms with Crippen LogP contribution in [0.15, 0.2) is 48.5 Å². The Labute approximate surface area is 162 Å². The minimum absolute atomic E-state index is 0.0431. The third-order valence-corrected chi connectivity index (χ3v) is 4.13. The van der Waals surface area contributed by atoms with Gasteiger partial charge in [0.15, 0.2) is 6.61 Å². The van der Waals surface area contributed by atoms with Crippen LogP contribution in [0.4, 0.5) is 0 Å².